The second-order valence-corrected chi connectivity index (χ2v) is 15.0. The second kappa shape index (κ2) is 19.1. The Balaban J connectivity index is 1.45. The summed E-state index contributed by atoms with van der Waals surface area (Å²) in [7, 11) is 1.54. The molecular formula is C41H45ClN8O6S. The van der Waals surface area contributed by atoms with E-state index in [1.165, 1.54) is 23.7 Å². The van der Waals surface area contributed by atoms with Crippen molar-refractivity contribution in [2.45, 2.75) is 60.4 Å². The van der Waals surface area contributed by atoms with E-state index in [2.05, 4.69) is 20.9 Å². The molecule has 0 bridgehead atoms. The molecule has 3 aromatic carbocycles. The third kappa shape index (κ3) is 9.93. The van der Waals surface area contributed by atoms with Gasteiger partial charge in [0.15, 0.2) is 6.61 Å². The first-order chi connectivity index (χ1) is 27.6. The van der Waals surface area contributed by atoms with Crippen molar-refractivity contribution in [1.82, 2.24) is 30.8 Å². The number of fused-ring (bicyclic) bond motifs is 3. The Morgan fingerprint density at radius 3 is 2.54 bits per heavy atom. The van der Waals surface area contributed by atoms with Crippen LogP contribution in [0.25, 0.3) is 22.0 Å². The SMILES string of the molecule is CN1C(=O)[C@H](CN)NC(=O)[C@H](CCCN)NCc2cccnc2Sc2c(Cl)ccc(-c3ccc(OCC(=O)O)cc3)c2CNC(=O)[C@@H]1Cc1c[nH]c2ccccc12. The zero-order valence-electron chi connectivity index (χ0n) is 31.3. The number of para-hydroxylation sites is 1. The Bertz CT molecular complexity index is 2230. The van der Waals surface area contributed by atoms with Gasteiger partial charge < -0.3 is 47.1 Å². The monoisotopic (exact) mass is 812 g/mol. The summed E-state index contributed by atoms with van der Waals surface area (Å²) in [6.07, 6.45) is 4.60. The summed E-state index contributed by atoms with van der Waals surface area (Å²) in [6, 6.07) is 19.1. The van der Waals surface area contributed by atoms with Crippen molar-refractivity contribution in [1.29, 1.82) is 0 Å². The summed E-state index contributed by atoms with van der Waals surface area (Å²) in [4.78, 5) is 63.6. The summed E-state index contributed by atoms with van der Waals surface area (Å²) in [5.41, 5.74) is 16.7. The highest BCUT2D eigenvalue weighted by Crippen LogP contribution is 2.41. The number of hydrogen-bond acceptors (Lipinski definition) is 10. The van der Waals surface area contributed by atoms with Crippen LogP contribution in [0.15, 0.2) is 95.1 Å². The first kappa shape index (κ1) is 41.2. The number of carbonyl (C=O) groups excluding carboxylic acids is 3. The van der Waals surface area contributed by atoms with E-state index in [1.807, 2.05) is 42.6 Å². The number of nitrogens with one attached hydrogen (secondary N) is 4. The molecular weight excluding hydrogens is 768 g/mol. The molecule has 3 heterocycles. The summed E-state index contributed by atoms with van der Waals surface area (Å²) >= 11 is 8.32. The first-order valence-corrected chi connectivity index (χ1v) is 19.7. The van der Waals surface area contributed by atoms with Crippen molar-refractivity contribution in [2.24, 2.45) is 11.5 Å². The highest BCUT2D eigenvalue weighted by atomic mass is 35.5. The highest BCUT2D eigenvalue weighted by Gasteiger charge is 2.34. The number of likely N-dealkylation sites (N-methyl/N-ethyl adjacent to an activating group) is 1. The van der Waals surface area contributed by atoms with E-state index in [-0.39, 0.29) is 26.1 Å². The molecule has 57 heavy (non-hydrogen) atoms. The predicted octanol–water partition coefficient (Wildman–Crippen LogP) is 3.84. The smallest absolute Gasteiger partial charge is 0.341 e. The van der Waals surface area contributed by atoms with E-state index in [0.29, 0.717) is 45.6 Å². The molecule has 0 saturated carbocycles. The third-order valence-corrected chi connectivity index (χ3v) is 11.5. The molecule has 5 aromatic rings. The Hall–Kier alpha value is -5.45. The van der Waals surface area contributed by atoms with Gasteiger partial charge in [0.25, 0.3) is 0 Å². The molecule has 0 unspecified atom stereocenters. The minimum absolute atomic E-state index is 0.0133. The van der Waals surface area contributed by atoms with Crippen molar-refractivity contribution in [2.75, 3.05) is 26.7 Å². The van der Waals surface area contributed by atoms with Crippen molar-refractivity contribution >= 4 is 58.0 Å². The number of aliphatic carboxylic acids is 1. The van der Waals surface area contributed by atoms with Crippen LogP contribution in [0, 0.1) is 0 Å². The molecule has 2 aromatic heterocycles. The van der Waals surface area contributed by atoms with Crippen LogP contribution in [-0.4, -0.2) is 88.5 Å². The molecule has 298 valence electrons. The van der Waals surface area contributed by atoms with Gasteiger partial charge in [0, 0.05) is 61.3 Å². The number of nitrogens with two attached hydrogens (primary N) is 2. The van der Waals surface area contributed by atoms with E-state index < -0.39 is 48.4 Å². The van der Waals surface area contributed by atoms with E-state index in [4.69, 9.17) is 37.9 Å². The largest absolute Gasteiger partial charge is 0.482 e. The lowest BCUT2D eigenvalue weighted by Gasteiger charge is -2.31. The maximum atomic E-state index is 14.6. The number of benzene rings is 3. The topological polar surface area (TPSA) is 218 Å². The van der Waals surface area contributed by atoms with E-state index in [0.717, 1.165) is 33.2 Å². The molecule has 16 heteroatoms. The molecule has 3 amide bonds. The highest BCUT2D eigenvalue weighted by molar-refractivity contribution is 7.99. The molecule has 9 N–H and O–H groups in total. The van der Waals surface area contributed by atoms with Crippen molar-refractivity contribution in [3.8, 4) is 16.9 Å². The van der Waals surface area contributed by atoms with Crippen molar-refractivity contribution in [3.63, 3.8) is 0 Å². The van der Waals surface area contributed by atoms with Crippen LogP contribution in [0.5, 0.6) is 5.75 Å². The fraction of sp³-hybridized carbons (Fsp3) is 0.293. The fourth-order valence-corrected chi connectivity index (χ4v) is 8.10. The maximum absolute atomic E-state index is 14.6. The molecule has 3 atom stereocenters. The Morgan fingerprint density at radius 2 is 1.79 bits per heavy atom. The minimum atomic E-state index is -1.11. The number of hydrogen-bond donors (Lipinski definition) is 7. The van der Waals surface area contributed by atoms with Crippen LogP contribution >= 0.6 is 23.4 Å². The van der Waals surface area contributed by atoms with Gasteiger partial charge in [-0.05, 0) is 77.5 Å². The van der Waals surface area contributed by atoms with Gasteiger partial charge in [-0.15, -0.1) is 0 Å². The van der Waals surface area contributed by atoms with E-state index >= 15 is 0 Å². The molecule has 14 nitrogen and oxygen atoms in total. The Kier molecular flexibility index (Phi) is 13.8. The second-order valence-electron chi connectivity index (χ2n) is 13.6. The van der Waals surface area contributed by atoms with Crippen LogP contribution in [0.3, 0.4) is 0 Å². The number of pyridine rings is 1. The normalized spacial score (nSPS) is 18.3. The van der Waals surface area contributed by atoms with Crippen molar-refractivity contribution < 1.29 is 29.0 Å². The number of carbonyl (C=O) groups is 4. The number of rotatable bonds is 10. The molecule has 0 saturated heterocycles. The lowest BCUT2D eigenvalue weighted by molar-refractivity contribution is -0.141. The number of aromatic nitrogens is 2. The standard InChI is InChI=1S/C41H45ClN8O6S/c1-50-35(18-26-21-46-32-8-3-2-7-29(26)32)39(54)48-22-30-28(24-10-12-27(13-11-24)56-23-36(51)52)14-15-31(42)37(30)57-40-25(6-5-17-45-40)20-47-33(9-4-16-43)38(53)49-34(19-44)41(50)55/h2-3,5-8,10-15,17,21,33-35,46-47H,4,9,16,18-20,22-23,43-44H2,1H3,(H,48,54)(H,49,53)(H,51,52)/t33-,34-,35-/m0/s1. The van der Waals surface area contributed by atoms with E-state index in [1.54, 1.807) is 42.6 Å². The van der Waals surface area contributed by atoms with Crippen LogP contribution in [0.2, 0.25) is 5.02 Å². The first-order valence-electron chi connectivity index (χ1n) is 18.5. The van der Waals surface area contributed by atoms with Gasteiger partial charge in [-0.2, -0.15) is 0 Å². The average molecular weight is 813 g/mol. The number of aromatic amines is 1. The molecule has 0 fully saturated rings. The summed E-state index contributed by atoms with van der Waals surface area (Å²) < 4.78 is 5.37. The predicted molar refractivity (Wildman–Crippen MR) is 219 cm³/mol. The average Bonchev–Trinajstić information content (AvgIpc) is 3.63. The lowest BCUT2D eigenvalue weighted by atomic mass is 9.98. The zero-order valence-corrected chi connectivity index (χ0v) is 32.9. The molecule has 1 aliphatic rings. The summed E-state index contributed by atoms with van der Waals surface area (Å²) in [6.45, 7) is -0.0476. The molecule has 1 aliphatic heterocycles. The number of ether oxygens (including phenoxy) is 1. The van der Waals surface area contributed by atoms with Crippen LogP contribution in [0.1, 0.15) is 29.5 Å². The molecule has 6 rings (SSSR count). The zero-order chi connectivity index (χ0) is 40.5. The maximum Gasteiger partial charge on any atom is 0.341 e. The quantitative estimate of drug-likeness (QED) is 0.108. The lowest BCUT2D eigenvalue weighted by Crippen LogP contribution is -2.59. The van der Waals surface area contributed by atoms with Crippen LogP contribution in [-0.2, 0) is 38.7 Å². The number of carboxylic acid groups (broad SMARTS) is 1. The Labute approximate surface area is 339 Å². The van der Waals surface area contributed by atoms with Gasteiger partial charge in [0.2, 0.25) is 17.7 Å². The summed E-state index contributed by atoms with van der Waals surface area (Å²) in [5, 5.41) is 20.3. The van der Waals surface area contributed by atoms with E-state index in [9.17, 15) is 19.2 Å². The van der Waals surface area contributed by atoms with Gasteiger partial charge in [0.05, 0.1) is 11.1 Å². The summed E-state index contributed by atoms with van der Waals surface area (Å²) in [5.74, 6) is -2.10. The van der Waals surface area contributed by atoms with Gasteiger partial charge >= 0.3 is 5.97 Å². The third-order valence-electron chi connectivity index (χ3n) is 9.84. The van der Waals surface area contributed by atoms with Gasteiger partial charge in [-0.3, -0.25) is 14.4 Å². The molecule has 0 radical (unpaired) electrons. The van der Waals surface area contributed by atoms with Gasteiger partial charge in [-0.1, -0.05) is 65.8 Å². The van der Waals surface area contributed by atoms with Gasteiger partial charge in [0.1, 0.15) is 22.9 Å². The van der Waals surface area contributed by atoms with Gasteiger partial charge in [-0.25, -0.2) is 9.78 Å². The van der Waals surface area contributed by atoms with Crippen molar-refractivity contribution in [3.05, 3.63) is 107 Å². The van der Waals surface area contributed by atoms with Crippen LogP contribution in [0.4, 0.5) is 0 Å². The number of carboxylic acids is 1. The fourth-order valence-electron chi connectivity index (χ4n) is 6.76. The number of amides is 3. The van der Waals surface area contributed by atoms with Crippen LogP contribution < -0.4 is 32.2 Å². The Morgan fingerprint density at radius 1 is 1.00 bits per heavy atom. The number of H-pyrrole nitrogens is 1. The minimum Gasteiger partial charge on any atom is -0.482 e. The number of halogens is 1. The number of nitrogens with zero attached hydrogens (tertiary/aromatic N) is 2. The molecule has 0 spiro atoms. The molecule has 0 aliphatic carbocycles.